The number of carbonyl (C=O) groups is 2. The van der Waals surface area contributed by atoms with Gasteiger partial charge in [0.2, 0.25) is 5.91 Å². The number of nitrogens with one attached hydrogen (secondary N) is 1. The van der Waals surface area contributed by atoms with Gasteiger partial charge in [-0.3, -0.25) is 14.6 Å². The van der Waals surface area contributed by atoms with Crippen molar-refractivity contribution in [2.75, 3.05) is 32.7 Å². The summed E-state index contributed by atoms with van der Waals surface area (Å²) in [6.07, 6.45) is 1.00. The van der Waals surface area contributed by atoms with E-state index in [1.807, 2.05) is 0 Å². The molecule has 3 amide bonds. The van der Waals surface area contributed by atoms with Crippen LogP contribution in [0, 0.1) is 0 Å². The molecule has 15 heavy (non-hydrogen) atoms. The minimum atomic E-state index is -0.275. The average molecular weight is 212 g/mol. The van der Waals surface area contributed by atoms with Gasteiger partial charge in [0.25, 0.3) is 0 Å². The predicted octanol–water partition coefficient (Wildman–Crippen LogP) is -1.43. The van der Waals surface area contributed by atoms with Crippen molar-refractivity contribution in [1.82, 2.24) is 15.1 Å². The fraction of sp³-hybridized carbons (Fsp3) is 0.778. The summed E-state index contributed by atoms with van der Waals surface area (Å²) in [5, 5.41) is 2.50. The van der Waals surface area contributed by atoms with Crippen molar-refractivity contribution in [3.05, 3.63) is 0 Å². The number of nitrogens with two attached hydrogens (primary N) is 1. The third-order valence-corrected chi connectivity index (χ3v) is 2.89. The van der Waals surface area contributed by atoms with Gasteiger partial charge in [-0.1, -0.05) is 0 Å². The quantitative estimate of drug-likeness (QED) is 0.562. The first-order valence-electron chi connectivity index (χ1n) is 5.23. The molecular weight excluding hydrogens is 196 g/mol. The highest BCUT2D eigenvalue weighted by Gasteiger charge is 2.29. The van der Waals surface area contributed by atoms with E-state index in [0.29, 0.717) is 6.54 Å². The first-order chi connectivity index (χ1) is 7.16. The number of hydrogen-bond donors (Lipinski definition) is 2. The van der Waals surface area contributed by atoms with Crippen LogP contribution >= 0.6 is 0 Å². The molecule has 6 nitrogen and oxygen atoms in total. The van der Waals surface area contributed by atoms with Crippen molar-refractivity contribution in [3.63, 3.8) is 0 Å². The number of urea groups is 1. The zero-order valence-electron chi connectivity index (χ0n) is 8.61. The van der Waals surface area contributed by atoms with Crippen molar-refractivity contribution >= 4 is 11.9 Å². The number of likely N-dealkylation sites (tertiary alicyclic amines) is 1. The summed E-state index contributed by atoms with van der Waals surface area (Å²) < 4.78 is 0. The second kappa shape index (κ2) is 4.16. The van der Waals surface area contributed by atoms with Crippen LogP contribution in [-0.2, 0) is 4.79 Å². The van der Waals surface area contributed by atoms with E-state index in [0.717, 1.165) is 26.1 Å². The van der Waals surface area contributed by atoms with Crippen molar-refractivity contribution in [2.45, 2.75) is 12.5 Å². The lowest BCUT2D eigenvalue weighted by Gasteiger charge is -2.18. The summed E-state index contributed by atoms with van der Waals surface area (Å²) in [5.74, 6) is -0.136. The standard InChI is InChI=1S/C9H16N4O2/c10-7-1-2-12(6-7)3-4-13-8(14)5-11-9(13)15/h7H,1-6,10H2,(H,11,15). The molecule has 0 saturated carbocycles. The summed E-state index contributed by atoms with van der Waals surface area (Å²) in [5.41, 5.74) is 5.76. The predicted molar refractivity (Wildman–Crippen MR) is 54.1 cm³/mol. The van der Waals surface area contributed by atoms with Crippen LogP contribution in [0.4, 0.5) is 4.79 Å². The Bertz CT molecular complexity index is 265. The molecule has 2 aliphatic heterocycles. The summed E-state index contributed by atoms with van der Waals surface area (Å²) in [7, 11) is 0. The van der Waals surface area contributed by atoms with E-state index in [-0.39, 0.29) is 24.5 Å². The molecule has 2 aliphatic rings. The van der Waals surface area contributed by atoms with Crippen LogP contribution in [-0.4, -0.2) is 60.5 Å². The molecule has 6 heteroatoms. The molecule has 0 radical (unpaired) electrons. The molecule has 2 heterocycles. The third-order valence-electron chi connectivity index (χ3n) is 2.89. The van der Waals surface area contributed by atoms with Gasteiger partial charge in [-0.25, -0.2) is 4.79 Å². The molecule has 3 N–H and O–H groups in total. The minimum absolute atomic E-state index is 0.136. The maximum atomic E-state index is 11.3. The topological polar surface area (TPSA) is 78.7 Å². The second-order valence-electron chi connectivity index (χ2n) is 4.05. The van der Waals surface area contributed by atoms with Gasteiger partial charge >= 0.3 is 6.03 Å². The highest BCUT2D eigenvalue weighted by atomic mass is 16.2. The fourth-order valence-corrected chi connectivity index (χ4v) is 1.99. The number of carbonyl (C=O) groups excluding carboxylic acids is 2. The van der Waals surface area contributed by atoms with E-state index in [9.17, 15) is 9.59 Å². The Balaban J connectivity index is 1.78. The van der Waals surface area contributed by atoms with Gasteiger partial charge in [0.1, 0.15) is 0 Å². The Morgan fingerprint density at radius 2 is 2.20 bits per heavy atom. The van der Waals surface area contributed by atoms with Gasteiger partial charge in [-0.05, 0) is 13.0 Å². The molecule has 0 aromatic rings. The lowest BCUT2D eigenvalue weighted by atomic mass is 10.3. The number of hydrogen-bond acceptors (Lipinski definition) is 4. The molecule has 1 atom stereocenters. The van der Waals surface area contributed by atoms with E-state index < -0.39 is 0 Å². The van der Waals surface area contributed by atoms with Crippen molar-refractivity contribution < 1.29 is 9.59 Å². The van der Waals surface area contributed by atoms with Crippen LogP contribution in [0.5, 0.6) is 0 Å². The van der Waals surface area contributed by atoms with Crippen molar-refractivity contribution in [1.29, 1.82) is 0 Å². The monoisotopic (exact) mass is 212 g/mol. The van der Waals surface area contributed by atoms with E-state index in [4.69, 9.17) is 5.73 Å². The van der Waals surface area contributed by atoms with Gasteiger partial charge in [-0.15, -0.1) is 0 Å². The third kappa shape index (κ3) is 2.27. The highest BCUT2D eigenvalue weighted by Crippen LogP contribution is 2.07. The summed E-state index contributed by atoms with van der Waals surface area (Å²) >= 11 is 0. The normalized spacial score (nSPS) is 27.5. The van der Waals surface area contributed by atoms with Gasteiger partial charge in [0.15, 0.2) is 0 Å². The smallest absolute Gasteiger partial charge is 0.324 e. The number of imide groups is 1. The van der Waals surface area contributed by atoms with Gasteiger partial charge in [0.05, 0.1) is 6.54 Å². The molecule has 0 aromatic carbocycles. The van der Waals surface area contributed by atoms with E-state index >= 15 is 0 Å². The molecule has 2 fully saturated rings. The number of amides is 3. The summed E-state index contributed by atoms with van der Waals surface area (Å²) in [6.45, 7) is 3.16. The van der Waals surface area contributed by atoms with E-state index in [1.165, 1.54) is 4.90 Å². The lowest BCUT2D eigenvalue weighted by Crippen LogP contribution is -2.38. The van der Waals surface area contributed by atoms with E-state index in [1.54, 1.807) is 0 Å². The van der Waals surface area contributed by atoms with Crippen LogP contribution in [0.15, 0.2) is 0 Å². The molecule has 0 bridgehead atoms. The Morgan fingerprint density at radius 1 is 1.40 bits per heavy atom. The molecular formula is C9H16N4O2. The SMILES string of the molecule is NC1CCN(CCN2C(=O)CNC2=O)C1. The van der Waals surface area contributed by atoms with Crippen LogP contribution in [0.1, 0.15) is 6.42 Å². The van der Waals surface area contributed by atoms with Crippen LogP contribution in [0.3, 0.4) is 0 Å². The second-order valence-corrected chi connectivity index (χ2v) is 4.05. The molecule has 2 rings (SSSR count). The molecule has 84 valence electrons. The first-order valence-corrected chi connectivity index (χ1v) is 5.23. The van der Waals surface area contributed by atoms with Gasteiger partial charge < -0.3 is 11.1 Å². The fourth-order valence-electron chi connectivity index (χ4n) is 1.99. The largest absolute Gasteiger partial charge is 0.329 e. The average Bonchev–Trinajstić information content (AvgIpc) is 2.73. The maximum absolute atomic E-state index is 11.3. The minimum Gasteiger partial charge on any atom is -0.329 e. The molecule has 1 unspecified atom stereocenters. The Morgan fingerprint density at radius 3 is 2.73 bits per heavy atom. The van der Waals surface area contributed by atoms with E-state index in [2.05, 4.69) is 10.2 Å². The van der Waals surface area contributed by atoms with Crippen LogP contribution in [0.2, 0.25) is 0 Å². The number of nitrogens with zero attached hydrogens (tertiary/aromatic N) is 2. The summed E-state index contributed by atoms with van der Waals surface area (Å²) in [6, 6.07) is -0.0309. The molecule has 0 aliphatic carbocycles. The molecule has 0 spiro atoms. The van der Waals surface area contributed by atoms with Crippen molar-refractivity contribution in [3.8, 4) is 0 Å². The Kier molecular flexibility index (Phi) is 2.88. The highest BCUT2D eigenvalue weighted by molar-refractivity contribution is 6.01. The Labute approximate surface area is 88.4 Å². The lowest BCUT2D eigenvalue weighted by molar-refractivity contribution is -0.125. The van der Waals surface area contributed by atoms with Crippen LogP contribution in [0.25, 0.3) is 0 Å². The zero-order chi connectivity index (χ0) is 10.8. The molecule has 0 aromatic heterocycles. The Hall–Kier alpha value is -1.14. The zero-order valence-corrected chi connectivity index (χ0v) is 8.61. The summed E-state index contributed by atoms with van der Waals surface area (Å²) in [4.78, 5) is 25.9. The van der Waals surface area contributed by atoms with Crippen molar-refractivity contribution in [2.24, 2.45) is 5.73 Å². The van der Waals surface area contributed by atoms with Crippen LogP contribution < -0.4 is 11.1 Å². The maximum Gasteiger partial charge on any atom is 0.324 e. The molecule has 2 saturated heterocycles. The number of rotatable bonds is 3. The van der Waals surface area contributed by atoms with Gasteiger partial charge in [-0.2, -0.15) is 0 Å². The van der Waals surface area contributed by atoms with Gasteiger partial charge in [0, 0.05) is 25.7 Å². The first kappa shape index (κ1) is 10.4.